The van der Waals surface area contributed by atoms with Gasteiger partial charge in [-0.2, -0.15) is 13.2 Å². The van der Waals surface area contributed by atoms with Gasteiger partial charge < -0.3 is 14.4 Å². The predicted octanol–water partition coefficient (Wildman–Crippen LogP) is 5.31. The highest BCUT2D eigenvalue weighted by molar-refractivity contribution is 5.98. The van der Waals surface area contributed by atoms with Crippen LogP contribution in [0, 0.1) is 0 Å². The Morgan fingerprint density at radius 3 is 2.26 bits per heavy atom. The van der Waals surface area contributed by atoms with Crippen molar-refractivity contribution in [2.45, 2.75) is 19.3 Å². The van der Waals surface area contributed by atoms with E-state index >= 15 is 0 Å². The van der Waals surface area contributed by atoms with Gasteiger partial charge in [0.1, 0.15) is 0 Å². The number of benzene rings is 2. The van der Waals surface area contributed by atoms with E-state index < -0.39 is 11.7 Å². The van der Waals surface area contributed by atoms with Gasteiger partial charge in [0.2, 0.25) is 5.88 Å². The predicted molar refractivity (Wildman–Crippen MR) is 123 cm³/mol. The number of hydrogen-bond acceptors (Lipinski definition) is 4. The molecule has 34 heavy (non-hydrogen) atoms. The molecule has 8 heteroatoms. The minimum Gasteiger partial charge on any atom is -0.494 e. The fraction of sp³-hybridized carbons (Fsp3) is 0.269. The van der Waals surface area contributed by atoms with E-state index in [1.165, 1.54) is 12.1 Å². The van der Waals surface area contributed by atoms with Crippen LogP contribution in [0.3, 0.4) is 0 Å². The third kappa shape index (κ3) is 4.51. The van der Waals surface area contributed by atoms with Crippen molar-refractivity contribution in [1.82, 2.24) is 14.5 Å². The molecule has 1 N–H and O–H groups in total. The molecule has 0 radical (unpaired) electrons. The summed E-state index contributed by atoms with van der Waals surface area (Å²) in [5.41, 5.74) is 3.09. The number of pyridine rings is 1. The Morgan fingerprint density at radius 1 is 0.882 bits per heavy atom. The topological polar surface area (TPSA) is 50.5 Å². The molecule has 0 saturated carbocycles. The molecule has 0 spiro atoms. The molecule has 1 saturated heterocycles. The third-order valence-electron chi connectivity index (χ3n) is 6.16. The second kappa shape index (κ2) is 9.12. The number of fused-ring (bicyclic) bond motifs is 1. The van der Waals surface area contributed by atoms with Crippen LogP contribution in [0.4, 0.5) is 13.2 Å². The minimum absolute atomic E-state index is 0.0366. The monoisotopic (exact) mass is 467 g/mol. The molecular formula is C26H24F3N3O2. The Balaban J connectivity index is 1.45. The summed E-state index contributed by atoms with van der Waals surface area (Å²) in [6.07, 6.45) is -2.56. The van der Waals surface area contributed by atoms with E-state index in [1.807, 2.05) is 42.6 Å². The number of alkyl halides is 3. The van der Waals surface area contributed by atoms with Crippen LogP contribution >= 0.6 is 0 Å². The molecule has 0 aliphatic carbocycles. The van der Waals surface area contributed by atoms with Crippen LogP contribution in [0.2, 0.25) is 0 Å². The minimum atomic E-state index is -4.38. The van der Waals surface area contributed by atoms with Gasteiger partial charge in [0.05, 0.1) is 42.1 Å². The van der Waals surface area contributed by atoms with Crippen LogP contribution in [-0.4, -0.2) is 45.9 Å². The average molecular weight is 467 g/mol. The summed E-state index contributed by atoms with van der Waals surface area (Å²) in [7, 11) is 0. The van der Waals surface area contributed by atoms with E-state index in [4.69, 9.17) is 4.74 Å². The van der Waals surface area contributed by atoms with Crippen LogP contribution < -0.4 is 0 Å². The molecular weight excluding hydrogens is 443 g/mol. The van der Waals surface area contributed by atoms with Crippen molar-refractivity contribution in [3.63, 3.8) is 0 Å². The Bertz CT molecular complexity index is 1280. The Hall–Kier alpha value is -3.36. The SMILES string of the molecule is Oc1c(-c2ccc(CN3CCOCC3)cn2)c2ccccc2n1Cc1ccc(C(F)(F)F)cc1. The number of hydrogen-bond donors (Lipinski definition) is 1. The lowest BCUT2D eigenvalue weighted by Crippen LogP contribution is -2.35. The van der Waals surface area contributed by atoms with E-state index in [0.29, 0.717) is 16.8 Å². The summed E-state index contributed by atoms with van der Waals surface area (Å²) in [4.78, 5) is 6.94. The molecule has 5 nitrogen and oxygen atoms in total. The Morgan fingerprint density at radius 2 is 1.59 bits per heavy atom. The fourth-order valence-electron chi connectivity index (χ4n) is 4.37. The maximum Gasteiger partial charge on any atom is 0.416 e. The van der Waals surface area contributed by atoms with Crippen molar-refractivity contribution in [2.24, 2.45) is 0 Å². The normalized spacial score (nSPS) is 15.1. The smallest absolute Gasteiger partial charge is 0.416 e. The van der Waals surface area contributed by atoms with E-state index in [1.54, 1.807) is 4.57 Å². The van der Waals surface area contributed by atoms with Gasteiger partial charge in [-0.25, -0.2) is 0 Å². The molecule has 1 aliphatic heterocycles. The summed E-state index contributed by atoms with van der Waals surface area (Å²) in [5, 5.41) is 12.0. The lowest BCUT2D eigenvalue weighted by molar-refractivity contribution is -0.137. The van der Waals surface area contributed by atoms with Crippen LogP contribution in [0.1, 0.15) is 16.7 Å². The van der Waals surface area contributed by atoms with Crippen LogP contribution in [-0.2, 0) is 24.0 Å². The molecule has 0 unspecified atom stereocenters. The summed E-state index contributed by atoms with van der Waals surface area (Å²) in [6, 6.07) is 16.5. The van der Waals surface area contributed by atoms with Crippen molar-refractivity contribution >= 4 is 10.9 Å². The third-order valence-corrected chi connectivity index (χ3v) is 6.16. The van der Waals surface area contributed by atoms with Gasteiger partial charge in [-0.05, 0) is 35.4 Å². The van der Waals surface area contributed by atoms with Crippen molar-refractivity contribution in [1.29, 1.82) is 0 Å². The van der Waals surface area contributed by atoms with Gasteiger partial charge in [-0.1, -0.05) is 36.4 Å². The molecule has 2 aromatic heterocycles. The highest BCUT2D eigenvalue weighted by atomic mass is 19.4. The highest BCUT2D eigenvalue weighted by Crippen LogP contribution is 2.39. The van der Waals surface area contributed by atoms with Crippen LogP contribution in [0.25, 0.3) is 22.2 Å². The van der Waals surface area contributed by atoms with Crippen molar-refractivity contribution < 1.29 is 23.0 Å². The van der Waals surface area contributed by atoms with Crippen molar-refractivity contribution in [2.75, 3.05) is 26.3 Å². The lowest BCUT2D eigenvalue weighted by Gasteiger charge is -2.26. The molecule has 5 rings (SSSR count). The maximum atomic E-state index is 12.9. The van der Waals surface area contributed by atoms with E-state index in [2.05, 4.69) is 9.88 Å². The molecule has 4 aromatic rings. The van der Waals surface area contributed by atoms with Crippen LogP contribution in [0.5, 0.6) is 5.88 Å². The highest BCUT2D eigenvalue weighted by Gasteiger charge is 2.30. The molecule has 0 amide bonds. The molecule has 1 fully saturated rings. The van der Waals surface area contributed by atoms with E-state index in [0.717, 1.165) is 61.4 Å². The van der Waals surface area contributed by atoms with Gasteiger partial charge in [0, 0.05) is 31.2 Å². The number of aromatic nitrogens is 2. The second-order valence-electron chi connectivity index (χ2n) is 8.44. The van der Waals surface area contributed by atoms with Gasteiger partial charge in [0.25, 0.3) is 0 Å². The van der Waals surface area contributed by atoms with Crippen molar-refractivity contribution in [3.8, 4) is 17.1 Å². The van der Waals surface area contributed by atoms with E-state index in [9.17, 15) is 18.3 Å². The van der Waals surface area contributed by atoms with Gasteiger partial charge in [0.15, 0.2) is 0 Å². The molecule has 3 heterocycles. The number of ether oxygens (including phenoxy) is 1. The fourth-order valence-corrected chi connectivity index (χ4v) is 4.37. The van der Waals surface area contributed by atoms with Crippen molar-refractivity contribution in [3.05, 3.63) is 83.6 Å². The average Bonchev–Trinajstić information content (AvgIpc) is 3.11. The zero-order valence-electron chi connectivity index (χ0n) is 18.4. The Kier molecular flexibility index (Phi) is 6.02. The largest absolute Gasteiger partial charge is 0.494 e. The number of aromatic hydroxyl groups is 1. The first-order chi connectivity index (χ1) is 16.4. The van der Waals surface area contributed by atoms with Gasteiger partial charge >= 0.3 is 6.18 Å². The van der Waals surface area contributed by atoms with Gasteiger partial charge in [-0.3, -0.25) is 9.88 Å². The number of halogens is 3. The first-order valence-electron chi connectivity index (χ1n) is 11.1. The summed E-state index contributed by atoms with van der Waals surface area (Å²) in [6.45, 7) is 4.27. The lowest BCUT2D eigenvalue weighted by atomic mass is 10.1. The standard InChI is InChI=1S/C26H24F3N3O2/c27-26(28,29)20-8-5-18(6-9-20)17-32-23-4-2-1-3-21(23)24(25(32)33)22-10-7-19(15-30-22)16-31-11-13-34-14-12-31/h1-10,15,33H,11-14,16-17H2. The number of nitrogens with zero attached hydrogens (tertiary/aromatic N) is 3. The summed E-state index contributed by atoms with van der Waals surface area (Å²) < 4.78 is 45.8. The quantitative estimate of drug-likeness (QED) is 0.432. The number of para-hydroxylation sites is 1. The Labute approximate surface area is 195 Å². The van der Waals surface area contributed by atoms with Gasteiger partial charge in [-0.15, -0.1) is 0 Å². The zero-order valence-corrected chi connectivity index (χ0v) is 18.4. The summed E-state index contributed by atoms with van der Waals surface area (Å²) >= 11 is 0. The molecule has 0 atom stereocenters. The van der Waals surface area contributed by atoms with E-state index in [-0.39, 0.29) is 12.4 Å². The first-order valence-corrected chi connectivity index (χ1v) is 11.1. The molecule has 2 aromatic carbocycles. The molecule has 176 valence electrons. The second-order valence-corrected chi connectivity index (χ2v) is 8.44. The number of morpholine rings is 1. The summed E-state index contributed by atoms with van der Waals surface area (Å²) in [5.74, 6) is 0.0366. The number of rotatable bonds is 5. The molecule has 1 aliphatic rings. The first kappa shape index (κ1) is 22.4. The molecule has 0 bridgehead atoms. The maximum absolute atomic E-state index is 12.9. The van der Waals surface area contributed by atoms with Crippen LogP contribution in [0.15, 0.2) is 66.9 Å². The zero-order chi connectivity index (χ0) is 23.7.